The van der Waals surface area contributed by atoms with Crippen LogP contribution in [0.25, 0.3) is 0 Å². The molecule has 1 aliphatic heterocycles. The topological polar surface area (TPSA) is 53.1 Å². The SMILES string of the molecule is CN(C)c1ccc([C@H]2C[C@@]34O[C@]3(CCCO)CCC4C3CCC4=CC(=O)CCC4=C32)cc1. The Bertz CT molecular complexity index is 1010. The highest BCUT2D eigenvalue weighted by atomic mass is 16.6. The third-order valence-electron chi connectivity index (χ3n) is 9.30. The Kier molecular flexibility index (Phi) is 4.71. The van der Waals surface area contributed by atoms with Crippen molar-refractivity contribution in [2.45, 2.75) is 74.9 Å². The van der Waals surface area contributed by atoms with Crippen molar-refractivity contribution in [3.63, 3.8) is 0 Å². The van der Waals surface area contributed by atoms with Crippen LogP contribution in [0.3, 0.4) is 0 Å². The first-order chi connectivity index (χ1) is 15.5. The maximum Gasteiger partial charge on any atom is 0.156 e. The van der Waals surface area contributed by atoms with E-state index in [1.807, 2.05) is 6.08 Å². The zero-order valence-electron chi connectivity index (χ0n) is 19.4. The van der Waals surface area contributed by atoms with E-state index in [1.165, 1.54) is 28.8 Å². The van der Waals surface area contributed by atoms with Gasteiger partial charge in [-0.1, -0.05) is 17.7 Å². The number of aliphatic hydroxyl groups excluding tert-OH is 1. The predicted molar refractivity (Wildman–Crippen MR) is 126 cm³/mol. The highest BCUT2D eigenvalue weighted by molar-refractivity contribution is 5.93. The van der Waals surface area contributed by atoms with Gasteiger partial charge in [0, 0.05) is 38.7 Å². The second kappa shape index (κ2) is 7.30. The molecule has 3 fully saturated rings. The molecule has 1 aromatic rings. The minimum absolute atomic E-state index is 0.00291. The number of carbonyl (C=O) groups excluding carboxylic acids is 1. The first-order valence-corrected chi connectivity index (χ1v) is 12.5. The van der Waals surface area contributed by atoms with E-state index in [2.05, 4.69) is 43.3 Å². The summed E-state index contributed by atoms with van der Waals surface area (Å²) in [6.07, 6.45) is 11.0. The summed E-state index contributed by atoms with van der Waals surface area (Å²) in [7, 11) is 4.17. The molecule has 2 saturated carbocycles. The van der Waals surface area contributed by atoms with E-state index in [4.69, 9.17) is 4.74 Å². The van der Waals surface area contributed by atoms with Gasteiger partial charge in [0.05, 0.1) is 5.60 Å². The summed E-state index contributed by atoms with van der Waals surface area (Å²) in [6, 6.07) is 9.12. The lowest BCUT2D eigenvalue weighted by molar-refractivity contribution is -0.114. The molecule has 170 valence electrons. The molecule has 32 heavy (non-hydrogen) atoms. The lowest BCUT2D eigenvalue weighted by atomic mass is 9.57. The van der Waals surface area contributed by atoms with Crippen LogP contribution in [0.5, 0.6) is 0 Å². The molecule has 1 saturated heterocycles. The number of hydrogen-bond acceptors (Lipinski definition) is 4. The molecule has 4 heteroatoms. The number of ketones is 1. The molecule has 6 rings (SSSR count). The van der Waals surface area contributed by atoms with Crippen LogP contribution in [-0.4, -0.2) is 42.8 Å². The maximum absolute atomic E-state index is 12.2. The average Bonchev–Trinajstić information content (AvgIpc) is 3.31. The maximum atomic E-state index is 12.2. The normalized spacial score (nSPS) is 37.3. The summed E-state index contributed by atoms with van der Waals surface area (Å²) in [5.41, 5.74) is 7.07. The highest BCUT2D eigenvalue weighted by Crippen LogP contribution is 2.74. The minimum atomic E-state index is -0.00646. The van der Waals surface area contributed by atoms with E-state index >= 15 is 0 Å². The molecule has 1 aromatic carbocycles. The zero-order valence-corrected chi connectivity index (χ0v) is 19.4. The number of epoxide rings is 1. The van der Waals surface area contributed by atoms with E-state index in [0.29, 0.717) is 30.0 Å². The van der Waals surface area contributed by atoms with Gasteiger partial charge >= 0.3 is 0 Å². The van der Waals surface area contributed by atoms with Crippen LogP contribution in [0.1, 0.15) is 69.3 Å². The van der Waals surface area contributed by atoms with Gasteiger partial charge in [0.25, 0.3) is 0 Å². The van der Waals surface area contributed by atoms with Crippen molar-refractivity contribution in [1.29, 1.82) is 0 Å². The van der Waals surface area contributed by atoms with Gasteiger partial charge in [0.1, 0.15) is 5.60 Å². The average molecular weight is 434 g/mol. The predicted octanol–water partition coefficient (Wildman–Crippen LogP) is 4.93. The Hall–Kier alpha value is -1.91. The molecule has 0 bridgehead atoms. The Labute approximate surface area is 191 Å². The number of anilines is 1. The van der Waals surface area contributed by atoms with Crippen LogP contribution >= 0.6 is 0 Å². The third-order valence-corrected chi connectivity index (χ3v) is 9.30. The van der Waals surface area contributed by atoms with Crippen molar-refractivity contribution in [1.82, 2.24) is 0 Å². The van der Waals surface area contributed by atoms with Crippen molar-refractivity contribution >= 4 is 11.5 Å². The van der Waals surface area contributed by atoms with Gasteiger partial charge < -0.3 is 14.7 Å². The smallest absolute Gasteiger partial charge is 0.156 e. The van der Waals surface area contributed by atoms with Crippen LogP contribution in [0.4, 0.5) is 5.69 Å². The lowest BCUT2D eigenvalue weighted by Gasteiger charge is -2.46. The van der Waals surface area contributed by atoms with E-state index in [1.54, 1.807) is 5.57 Å². The number of aliphatic hydroxyl groups is 1. The molecule has 5 aliphatic rings. The Morgan fingerprint density at radius 1 is 1.12 bits per heavy atom. The van der Waals surface area contributed by atoms with Crippen molar-refractivity contribution in [2.75, 3.05) is 25.6 Å². The van der Waals surface area contributed by atoms with Gasteiger partial charge in [0.2, 0.25) is 0 Å². The van der Waals surface area contributed by atoms with E-state index < -0.39 is 0 Å². The van der Waals surface area contributed by atoms with E-state index in [0.717, 1.165) is 44.9 Å². The third kappa shape index (κ3) is 2.85. The first-order valence-electron chi connectivity index (χ1n) is 12.5. The van der Waals surface area contributed by atoms with Crippen molar-refractivity contribution < 1.29 is 14.6 Å². The highest BCUT2D eigenvalue weighted by Gasteiger charge is 2.78. The number of ether oxygens (including phenoxy) is 1. The number of allylic oxidation sites excluding steroid dienone is 4. The van der Waals surface area contributed by atoms with Gasteiger partial charge in [-0.3, -0.25) is 4.79 Å². The molecule has 0 aromatic heterocycles. The fourth-order valence-electron chi connectivity index (χ4n) is 7.89. The second-order valence-electron chi connectivity index (χ2n) is 10.9. The van der Waals surface area contributed by atoms with Crippen molar-refractivity contribution in [3.8, 4) is 0 Å². The summed E-state index contributed by atoms with van der Waals surface area (Å²) < 4.78 is 6.74. The van der Waals surface area contributed by atoms with Crippen LogP contribution in [0.2, 0.25) is 0 Å². The van der Waals surface area contributed by atoms with Crippen molar-refractivity contribution in [3.05, 3.63) is 52.6 Å². The summed E-state index contributed by atoms with van der Waals surface area (Å²) >= 11 is 0. The standard InChI is InChI=1S/C28H35NO3/c1-29(2)20-7-4-18(5-8-20)24-17-28-25(12-14-27(28,32-28)13-3-15-30)23-10-6-19-16-21(31)9-11-22(19)26(23)24/h4-5,7-8,16,23-25,30H,3,6,9-15,17H2,1-2H3/t23?,24-,25?,27-,28+/m1/s1. The summed E-state index contributed by atoms with van der Waals surface area (Å²) in [5.74, 6) is 1.84. The van der Waals surface area contributed by atoms with Crippen LogP contribution in [0.15, 0.2) is 47.1 Å². The minimum Gasteiger partial charge on any atom is -0.396 e. The molecule has 0 radical (unpaired) electrons. The lowest BCUT2D eigenvalue weighted by Crippen LogP contribution is -2.42. The molecule has 1 heterocycles. The van der Waals surface area contributed by atoms with Crippen LogP contribution < -0.4 is 4.90 Å². The number of nitrogens with zero attached hydrogens (tertiary/aromatic N) is 1. The molecule has 5 atom stereocenters. The largest absolute Gasteiger partial charge is 0.396 e. The number of fused-ring (bicyclic) bond motifs is 3. The molecule has 0 amide bonds. The quantitative estimate of drug-likeness (QED) is 0.669. The summed E-state index contributed by atoms with van der Waals surface area (Å²) in [5, 5.41) is 9.49. The Balaban J connectivity index is 1.45. The van der Waals surface area contributed by atoms with Crippen LogP contribution in [0, 0.1) is 11.8 Å². The molecule has 4 aliphatic carbocycles. The number of rotatable bonds is 5. The molecule has 2 unspecified atom stereocenters. The first kappa shape index (κ1) is 20.7. The van der Waals surface area contributed by atoms with Gasteiger partial charge in [-0.05, 0) is 98.1 Å². The Morgan fingerprint density at radius 2 is 1.94 bits per heavy atom. The van der Waals surface area contributed by atoms with Crippen molar-refractivity contribution in [2.24, 2.45) is 11.8 Å². The second-order valence-corrected chi connectivity index (χ2v) is 10.9. The Morgan fingerprint density at radius 3 is 2.69 bits per heavy atom. The molecular weight excluding hydrogens is 398 g/mol. The monoisotopic (exact) mass is 433 g/mol. The fourth-order valence-corrected chi connectivity index (χ4v) is 7.89. The molecule has 4 nitrogen and oxygen atoms in total. The van der Waals surface area contributed by atoms with Gasteiger partial charge in [-0.15, -0.1) is 0 Å². The number of benzene rings is 1. The van der Waals surface area contributed by atoms with Crippen LogP contribution in [-0.2, 0) is 9.53 Å². The molecule has 1 N–H and O–H groups in total. The molecule has 1 spiro atoms. The van der Waals surface area contributed by atoms with E-state index in [9.17, 15) is 9.90 Å². The molecular formula is C28H35NO3. The fraction of sp³-hybridized carbons (Fsp3) is 0.607. The zero-order chi connectivity index (χ0) is 22.1. The summed E-state index contributed by atoms with van der Waals surface area (Å²) in [4.78, 5) is 14.3. The van der Waals surface area contributed by atoms with Gasteiger partial charge in [-0.25, -0.2) is 0 Å². The number of hydrogen-bond donors (Lipinski definition) is 1. The number of carbonyl (C=O) groups is 1. The van der Waals surface area contributed by atoms with Gasteiger partial charge in [-0.2, -0.15) is 0 Å². The van der Waals surface area contributed by atoms with Gasteiger partial charge in [0.15, 0.2) is 5.78 Å². The van der Waals surface area contributed by atoms with E-state index in [-0.39, 0.29) is 17.8 Å². The summed E-state index contributed by atoms with van der Waals surface area (Å²) in [6.45, 7) is 0.252.